The molecule has 21 heavy (non-hydrogen) atoms. The summed E-state index contributed by atoms with van der Waals surface area (Å²) in [5, 5.41) is 19.7. The highest BCUT2D eigenvalue weighted by atomic mass is 16.6. The minimum absolute atomic E-state index is 0.0836. The maximum atomic E-state index is 10.7. The van der Waals surface area contributed by atoms with Gasteiger partial charge in [-0.05, 0) is 30.7 Å². The zero-order chi connectivity index (χ0) is 15.1. The fourth-order valence-corrected chi connectivity index (χ4v) is 2.42. The number of aliphatic hydroxyl groups is 2. The number of benzene rings is 1. The molecule has 2 N–H and O–H groups in total. The highest BCUT2D eigenvalue weighted by molar-refractivity contribution is 5.30. The molecule has 0 spiro atoms. The number of hydrogen-bond acceptors (Lipinski definition) is 5. The van der Waals surface area contributed by atoms with Gasteiger partial charge in [0.2, 0.25) is 5.79 Å². The Morgan fingerprint density at radius 1 is 1.33 bits per heavy atom. The molecule has 118 valence electrons. The fourth-order valence-electron chi connectivity index (χ4n) is 2.42. The molecule has 0 aliphatic carbocycles. The lowest BCUT2D eigenvalue weighted by atomic mass is 10.0. The minimum atomic E-state index is -1.31. The molecule has 1 unspecified atom stereocenters. The average Bonchev–Trinajstić information content (AvgIpc) is 2.49. The second-order valence-electron chi connectivity index (χ2n) is 5.36. The molecule has 1 aliphatic rings. The molecular weight excluding hydrogens is 270 g/mol. The molecule has 1 atom stereocenters. The van der Waals surface area contributed by atoms with Crippen LogP contribution in [0.25, 0.3) is 0 Å². The normalized spacial score (nSPS) is 23.2. The predicted octanol–water partition coefficient (Wildman–Crippen LogP) is 1.34. The van der Waals surface area contributed by atoms with Crippen LogP contribution in [0.15, 0.2) is 24.3 Å². The topological polar surface area (TPSA) is 62.2 Å². The van der Waals surface area contributed by atoms with E-state index < -0.39 is 5.79 Å². The van der Waals surface area contributed by atoms with Gasteiger partial charge in [-0.15, -0.1) is 0 Å². The van der Waals surface area contributed by atoms with Crippen molar-refractivity contribution < 1.29 is 19.7 Å². The highest BCUT2D eigenvalue weighted by Crippen LogP contribution is 2.28. The van der Waals surface area contributed by atoms with Gasteiger partial charge in [-0.1, -0.05) is 13.3 Å². The van der Waals surface area contributed by atoms with Crippen LogP contribution in [-0.4, -0.2) is 54.6 Å². The summed E-state index contributed by atoms with van der Waals surface area (Å²) in [5.41, 5.74) is 0.716. The third kappa shape index (κ3) is 4.41. The molecule has 1 fully saturated rings. The van der Waals surface area contributed by atoms with Gasteiger partial charge >= 0.3 is 0 Å². The molecule has 0 saturated carbocycles. The Morgan fingerprint density at radius 2 is 2.10 bits per heavy atom. The number of aliphatic hydroxyl groups excluding tert-OH is 1. The molecule has 1 aromatic carbocycles. The Morgan fingerprint density at radius 3 is 2.76 bits per heavy atom. The van der Waals surface area contributed by atoms with Crippen molar-refractivity contribution in [1.82, 2.24) is 4.90 Å². The van der Waals surface area contributed by atoms with Crippen molar-refractivity contribution in [3.8, 4) is 5.75 Å². The van der Waals surface area contributed by atoms with Gasteiger partial charge in [0.05, 0.1) is 26.4 Å². The second kappa shape index (κ2) is 7.75. The van der Waals surface area contributed by atoms with E-state index in [1.807, 2.05) is 29.2 Å². The van der Waals surface area contributed by atoms with Crippen LogP contribution in [-0.2, 0) is 10.5 Å². The summed E-state index contributed by atoms with van der Waals surface area (Å²) in [7, 11) is 0. The van der Waals surface area contributed by atoms with Gasteiger partial charge < -0.3 is 19.7 Å². The summed E-state index contributed by atoms with van der Waals surface area (Å²) in [6, 6.07) is 7.39. The van der Waals surface area contributed by atoms with Crippen LogP contribution in [0.5, 0.6) is 5.75 Å². The van der Waals surface area contributed by atoms with Gasteiger partial charge in [0.1, 0.15) is 5.75 Å². The quantitative estimate of drug-likeness (QED) is 0.743. The van der Waals surface area contributed by atoms with Crippen molar-refractivity contribution in [2.45, 2.75) is 25.6 Å². The van der Waals surface area contributed by atoms with Gasteiger partial charge in [0.25, 0.3) is 0 Å². The number of hydrogen-bond donors (Lipinski definition) is 2. The minimum Gasteiger partial charge on any atom is -0.494 e. The van der Waals surface area contributed by atoms with Gasteiger partial charge in [-0.2, -0.15) is 0 Å². The van der Waals surface area contributed by atoms with Crippen molar-refractivity contribution in [2.24, 2.45) is 0 Å². The molecule has 1 heterocycles. The lowest BCUT2D eigenvalue weighted by Gasteiger charge is -2.39. The number of β-amino-alcohol motifs (C(OH)–C–C–N with tert-alkyl or cyclic N) is 2. The first-order valence-corrected chi connectivity index (χ1v) is 7.61. The molecule has 5 nitrogen and oxygen atoms in total. The first kappa shape index (κ1) is 16.2. The van der Waals surface area contributed by atoms with E-state index >= 15 is 0 Å². The maximum absolute atomic E-state index is 10.7. The SMILES string of the molecule is CCCCOc1ccc(C2(O)CN(CCO)CCO2)cc1. The summed E-state index contributed by atoms with van der Waals surface area (Å²) in [6.45, 7) is 5.00. The predicted molar refractivity (Wildman–Crippen MR) is 80.2 cm³/mol. The van der Waals surface area contributed by atoms with Gasteiger partial charge in [-0.25, -0.2) is 0 Å². The Labute approximate surface area is 126 Å². The van der Waals surface area contributed by atoms with E-state index in [0.29, 0.717) is 31.9 Å². The van der Waals surface area contributed by atoms with E-state index in [4.69, 9.17) is 14.6 Å². The van der Waals surface area contributed by atoms with E-state index in [1.54, 1.807) is 0 Å². The number of rotatable bonds is 7. The fraction of sp³-hybridized carbons (Fsp3) is 0.625. The Kier molecular flexibility index (Phi) is 5.99. The lowest BCUT2D eigenvalue weighted by molar-refractivity contribution is -0.248. The maximum Gasteiger partial charge on any atom is 0.205 e. The van der Waals surface area contributed by atoms with Gasteiger partial charge in [0.15, 0.2) is 0 Å². The molecule has 1 aromatic rings. The number of unbranched alkanes of at least 4 members (excludes halogenated alkanes) is 1. The molecule has 0 amide bonds. The average molecular weight is 295 g/mol. The van der Waals surface area contributed by atoms with E-state index in [9.17, 15) is 5.11 Å². The van der Waals surface area contributed by atoms with E-state index in [1.165, 1.54) is 0 Å². The molecule has 0 aromatic heterocycles. The zero-order valence-electron chi connectivity index (χ0n) is 12.6. The van der Waals surface area contributed by atoms with Crippen molar-refractivity contribution >= 4 is 0 Å². The van der Waals surface area contributed by atoms with Gasteiger partial charge in [-0.3, -0.25) is 4.90 Å². The summed E-state index contributed by atoms with van der Waals surface area (Å²) in [5.74, 6) is -0.506. The molecule has 1 aliphatic heterocycles. The highest BCUT2D eigenvalue weighted by Gasteiger charge is 2.36. The van der Waals surface area contributed by atoms with Crippen LogP contribution in [0.1, 0.15) is 25.3 Å². The summed E-state index contributed by atoms with van der Waals surface area (Å²) >= 11 is 0. The molecule has 5 heteroatoms. The smallest absolute Gasteiger partial charge is 0.205 e. The van der Waals surface area contributed by atoms with Crippen molar-refractivity contribution in [3.63, 3.8) is 0 Å². The Bertz CT molecular complexity index is 421. The summed E-state index contributed by atoms with van der Waals surface area (Å²) in [6.07, 6.45) is 2.14. The van der Waals surface area contributed by atoms with Crippen LogP contribution in [0.3, 0.4) is 0 Å². The monoisotopic (exact) mass is 295 g/mol. The van der Waals surface area contributed by atoms with Crippen molar-refractivity contribution in [2.75, 3.05) is 39.5 Å². The molecule has 2 rings (SSSR count). The van der Waals surface area contributed by atoms with Gasteiger partial charge in [0, 0.05) is 18.7 Å². The summed E-state index contributed by atoms with van der Waals surface area (Å²) < 4.78 is 11.2. The lowest BCUT2D eigenvalue weighted by Crippen LogP contribution is -2.50. The second-order valence-corrected chi connectivity index (χ2v) is 5.36. The first-order chi connectivity index (χ1) is 10.2. The third-order valence-corrected chi connectivity index (χ3v) is 3.67. The Hall–Kier alpha value is -1.14. The van der Waals surface area contributed by atoms with Crippen LogP contribution in [0, 0.1) is 0 Å². The van der Waals surface area contributed by atoms with Crippen LogP contribution >= 0.6 is 0 Å². The first-order valence-electron chi connectivity index (χ1n) is 7.61. The van der Waals surface area contributed by atoms with Crippen LogP contribution in [0.2, 0.25) is 0 Å². The van der Waals surface area contributed by atoms with Crippen LogP contribution < -0.4 is 4.74 Å². The largest absolute Gasteiger partial charge is 0.494 e. The van der Waals surface area contributed by atoms with Crippen LogP contribution in [0.4, 0.5) is 0 Å². The molecular formula is C16H25NO4. The number of nitrogens with zero attached hydrogens (tertiary/aromatic N) is 1. The van der Waals surface area contributed by atoms with E-state index in [0.717, 1.165) is 25.1 Å². The third-order valence-electron chi connectivity index (χ3n) is 3.67. The van der Waals surface area contributed by atoms with E-state index in [2.05, 4.69) is 6.92 Å². The molecule has 0 bridgehead atoms. The number of ether oxygens (including phenoxy) is 2. The zero-order valence-corrected chi connectivity index (χ0v) is 12.6. The number of morpholine rings is 1. The Balaban J connectivity index is 1.99. The summed E-state index contributed by atoms with van der Waals surface area (Å²) in [4.78, 5) is 2.00. The van der Waals surface area contributed by atoms with E-state index in [-0.39, 0.29) is 6.61 Å². The molecule has 0 radical (unpaired) electrons. The van der Waals surface area contributed by atoms with Crippen molar-refractivity contribution in [1.29, 1.82) is 0 Å². The molecule has 1 saturated heterocycles. The standard InChI is InChI=1S/C16H25NO4/c1-2-3-11-20-15-6-4-14(5-7-15)16(19)13-17(8-10-18)9-12-21-16/h4-7,18-19H,2-3,8-13H2,1H3. The van der Waals surface area contributed by atoms with Crippen molar-refractivity contribution in [3.05, 3.63) is 29.8 Å².